The predicted octanol–water partition coefficient (Wildman–Crippen LogP) is 5.43. The molecule has 1 amide bonds. The maximum atomic E-state index is 13.0. The van der Waals surface area contributed by atoms with E-state index in [1.165, 1.54) is 0 Å². The molecule has 0 radical (unpaired) electrons. The quantitative estimate of drug-likeness (QED) is 0.595. The molecule has 2 heterocycles. The summed E-state index contributed by atoms with van der Waals surface area (Å²) in [6, 6.07) is 18.1. The van der Waals surface area contributed by atoms with E-state index in [-0.39, 0.29) is 17.7 Å². The van der Waals surface area contributed by atoms with Crippen molar-refractivity contribution in [1.29, 1.82) is 0 Å². The third kappa shape index (κ3) is 3.76. The molecular weight excluding hydrogens is 406 g/mol. The van der Waals surface area contributed by atoms with Gasteiger partial charge in [0.05, 0.1) is 18.2 Å². The Bertz CT molecular complexity index is 819. The lowest BCUT2D eigenvalue weighted by atomic mass is 9.81. The highest BCUT2D eigenvalue weighted by Gasteiger charge is 2.52. The molecule has 2 aromatic carbocycles. The lowest BCUT2D eigenvalue weighted by Gasteiger charge is -2.44. The molecule has 4 rings (SSSR count). The predicted molar refractivity (Wildman–Crippen MR) is 107 cm³/mol. The van der Waals surface area contributed by atoms with Gasteiger partial charge in [-0.15, -0.1) is 0 Å². The van der Waals surface area contributed by atoms with Gasteiger partial charge in [-0.05, 0) is 37.1 Å². The molecule has 27 heavy (non-hydrogen) atoms. The van der Waals surface area contributed by atoms with E-state index in [9.17, 15) is 4.79 Å². The number of hydrogen-bond donors (Lipinski definition) is 0. The molecule has 142 valence electrons. The van der Waals surface area contributed by atoms with E-state index in [1.54, 1.807) is 0 Å². The van der Waals surface area contributed by atoms with Crippen LogP contribution in [-0.4, -0.2) is 29.7 Å². The zero-order valence-corrected chi connectivity index (χ0v) is 17.2. The number of benzene rings is 2. The van der Waals surface area contributed by atoms with Crippen LogP contribution in [0.25, 0.3) is 0 Å². The largest absolute Gasteiger partial charge is 0.438 e. The molecule has 2 fully saturated rings. The first-order valence-electron chi connectivity index (χ1n) is 9.35. The van der Waals surface area contributed by atoms with Crippen LogP contribution in [0.2, 0.25) is 0 Å². The molecule has 3 atom stereocenters. The fourth-order valence-corrected chi connectivity index (χ4v) is 4.21. The molecule has 2 aliphatic rings. The first-order valence-corrected chi connectivity index (χ1v) is 10.1. The van der Waals surface area contributed by atoms with Gasteiger partial charge in [-0.25, -0.2) is 4.79 Å². The molecule has 0 aromatic heterocycles. The maximum absolute atomic E-state index is 13.0. The van der Waals surface area contributed by atoms with E-state index >= 15 is 0 Å². The number of carbonyl (C=O) groups excluding carboxylic acids is 1. The van der Waals surface area contributed by atoms with Gasteiger partial charge in [0.1, 0.15) is 5.60 Å². The second-order valence-electron chi connectivity index (χ2n) is 7.81. The molecule has 0 bridgehead atoms. The summed E-state index contributed by atoms with van der Waals surface area (Å²) in [5.41, 5.74) is 1.32. The molecule has 4 nitrogen and oxygen atoms in total. The molecule has 5 heteroatoms. The SMILES string of the molecule is CC(c1ccc(Br)cc1)N1CCC(CC2(C)CO2)(c2ccccc2)OC1=O. The number of ether oxygens (including phenoxy) is 2. The van der Waals surface area contributed by atoms with Gasteiger partial charge in [-0.1, -0.05) is 58.4 Å². The van der Waals surface area contributed by atoms with Crippen molar-refractivity contribution in [3.05, 3.63) is 70.2 Å². The summed E-state index contributed by atoms with van der Waals surface area (Å²) in [6.07, 6.45) is 1.18. The van der Waals surface area contributed by atoms with Crippen LogP contribution in [0.4, 0.5) is 4.79 Å². The van der Waals surface area contributed by atoms with Crippen LogP contribution in [0.15, 0.2) is 59.1 Å². The Morgan fingerprint density at radius 3 is 2.41 bits per heavy atom. The second-order valence-corrected chi connectivity index (χ2v) is 8.73. The molecule has 2 aromatic rings. The molecule has 0 N–H and O–H groups in total. The maximum Gasteiger partial charge on any atom is 0.411 e. The van der Waals surface area contributed by atoms with Crippen LogP contribution >= 0.6 is 15.9 Å². The van der Waals surface area contributed by atoms with Gasteiger partial charge >= 0.3 is 6.09 Å². The van der Waals surface area contributed by atoms with Crippen molar-refractivity contribution >= 4 is 22.0 Å². The molecule has 0 aliphatic carbocycles. The lowest BCUT2D eigenvalue weighted by Crippen LogP contribution is -2.50. The van der Waals surface area contributed by atoms with Crippen LogP contribution < -0.4 is 0 Å². The average Bonchev–Trinajstić information content (AvgIpc) is 3.39. The Labute approximate surface area is 168 Å². The van der Waals surface area contributed by atoms with Gasteiger partial charge < -0.3 is 14.4 Å². The van der Waals surface area contributed by atoms with Crippen molar-refractivity contribution < 1.29 is 14.3 Å². The molecule has 0 saturated carbocycles. The topological polar surface area (TPSA) is 42.1 Å². The molecule has 2 aliphatic heterocycles. The number of hydrogen-bond acceptors (Lipinski definition) is 3. The van der Waals surface area contributed by atoms with Crippen molar-refractivity contribution in [2.45, 2.75) is 43.9 Å². The third-order valence-corrected chi connectivity index (χ3v) is 6.22. The fraction of sp³-hybridized carbons (Fsp3) is 0.409. The van der Waals surface area contributed by atoms with Crippen LogP contribution in [0.3, 0.4) is 0 Å². The van der Waals surface area contributed by atoms with E-state index < -0.39 is 5.60 Å². The van der Waals surface area contributed by atoms with Crippen LogP contribution in [-0.2, 0) is 15.1 Å². The van der Waals surface area contributed by atoms with Gasteiger partial charge in [-0.2, -0.15) is 0 Å². The number of amides is 1. The van der Waals surface area contributed by atoms with E-state index in [1.807, 2.05) is 66.4 Å². The van der Waals surface area contributed by atoms with E-state index in [0.717, 1.165) is 28.6 Å². The number of carbonyl (C=O) groups is 1. The summed E-state index contributed by atoms with van der Waals surface area (Å²) in [6.45, 7) is 5.51. The van der Waals surface area contributed by atoms with E-state index in [4.69, 9.17) is 9.47 Å². The number of halogens is 1. The number of cyclic esters (lactones) is 1. The summed E-state index contributed by atoms with van der Waals surface area (Å²) >= 11 is 3.46. The third-order valence-electron chi connectivity index (χ3n) is 5.69. The highest BCUT2D eigenvalue weighted by molar-refractivity contribution is 9.10. The minimum atomic E-state index is -0.625. The average molecular weight is 430 g/mol. The van der Waals surface area contributed by atoms with Gasteiger partial charge in [0.2, 0.25) is 0 Å². The lowest BCUT2D eigenvalue weighted by molar-refractivity contribution is -0.0750. The molecule has 3 unspecified atom stereocenters. The van der Waals surface area contributed by atoms with Gasteiger partial charge in [0.15, 0.2) is 0 Å². The monoisotopic (exact) mass is 429 g/mol. The fourth-order valence-electron chi connectivity index (χ4n) is 3.94. The minimum Gasteiger partial charge on any atom is -0.438 e. The Morgan fingerprint density at radius 1 is 1.15 bits per heavy atom. The summed E-state index contributed by atoms with van der Waals surface area (Å²) < 4.78 is 12.8. The summed E-state index contributed by atoms with van der Waals surface area (Å²) in [4.78, 5) is 14.8. The Balaban J connectivity index is 1.57. The molecule has 2 saturated heterocycles. The highest BCUT2D eigenvalue weighted by Crippen LogP contribution is 2.46. The Kier molecular flexibility index (Phi) is 4.77. The van der Waals surface area contributed by atoms with E-state index in [2.05, 4.69) is 22.9 Å². The van der Waals surface area contributed by atoms with Crippen LogP contribution in [0.5, 0.6) is 0 Å². The summed E-state index contributed by atoms with van der Waals surface area (Å²) in [5.74, 6) is 0. The van der Waals surface area contributed by atoms with Crippen LogP contribution in [0.1, 0.15) is 43.9 Å². The molecule has 0 spiro atoms. The highest BCUT2D eigenvalue weighted by atomic mass is 79.9. The van der Waals surface area contributed by atoms with Crippen LogP contribution in [0, 0.1) is 0 Å². The van der Waals surface area contributed by atoms with Gasteiger partial charge in [0.25, 0.3) is 0 Å². The van der Waals surface area contributed by atoms with Gasteiger partial charge in [-0.3, -0.25) is 0 Å². The normalized spacial score (nSPS) is 28.6. The Morgan fingerprint density at radius 2 is 1.81 bits per heavy atom. The molecular formula is C22H24BrNO3. The van der Waals surface area contributed by atoms with Crippen molar-refractivity contribution in [2.24, 2.45) is 0 Å². The van der Waals surface area contributed by atoms with Gasteiger partial charge in [0, 0.05) is 23.9 Å². The van der Waals surface area contributed by atoms with E-state index in [0.29, 0.717) is 13.0 Å². The summed E-state index contributed by atoms with van der Waals surface area (Å²) in [5, 5.41) is 0. The number of epoxide rings is 1. The van der Waals surface area contributed by atoms with Crippen molar-refractivity contribution in [1.82, 2.24) is 4.90 Å². The van der Waals surface area contributed by atoms with Crippen molar-refractivity contribution in [3.63, 3.8) is 0 Å². The first kappa shape index (κ1) is 18.5. The standard InChI is InChI=1S/C22H24BrNO3/c1-16(17-8-10-19(23)11-9-17)24-13-12-22(27-20(24)25,14-21(2)15-26-21)18-6-4-3-5-7-18/h3-11,16H,12-15H2,1-2H3. The Hall–Kier alpha value is -1.85. The van der Waals surface area contributed by atoms with Crippen molar-refractivity contribution in [2.75, 3.05) is 13.2 Å². The number of rotatable bonds is 5. The number of nitrogens with zero attached hydrogens (tertiary/aromatic N) is 1. The first-order chi connectivity index (χ1) is 12.9. The zero-order chi connectivity index (χ0) is 19.1. The minimum absolute atomic E-state index is 0.0351. The zero-order valence-electron chi connectivity index (χ0n) is 15.7. The van der Waals surface area contributed by atoms with Crippen molar-refractivity contribution in [3.8, 4) is 0 Å². The second kappa shape index (κ2) is 6.95. The smallest absolute Gasteiger partial charge is 0.411 e. The summed E-state index contributed by atoms with van der Waals surface area (Å²) in [7, 11) is 0.